The Balaban J connectivity index is 3.07. The number of allylic oxidation sites excluding steroid dienone is 4. The van der Waals surface area contributed by atoms with Gasteiger partial charge in [0.15, 0.2) is 0 Å². The van der Waals surface area contributed by atoms with E-state index in [-0.39, 0.29) is 11.8 Å². The van der Waals surface area contributed by atoms with Crippen molar-refractivity contribution in [2.75, 3.05) is 0 Å². The fourth-order valence-corrected chi connectivity index (χ4v) is 2.52. The van der Waals surface area contributed by atoms with Gasteiger partial charge in [0.05, 0.1) is 5.41 Å². The maximum absolute atomic E-state index is 11.4. The van der Waals surface area contributed by atoms with Gasteiger partial charge in [0.25, 0.3) is 0 Å². The highest BCUT2D eigenvalue weighted by atomic mass is 16.4. The summed E-state index contributed by atoms with van der Waals surface area (Å²) in [6.45, 7) is 10.0. The van der Waals surface area contributed by atoms with Crippen LogP contribution in [0.15, 0.2) is 23.3 Å². The van der Waals surface area contributed by atoms with Crippen molar-refractivity contribution in [3.05, 3.63) is 23.3 Å². The lowest BCUT2D eigenvalue weighted by Crippen LogP contribution is -2.39. The molecule has 3 atom stereocenters. The summed E-state index contributed by atoms with van der Waals surface area (Å²) in [6, 6.07) is 0. The lowest BCUT2D eigenvalue weighted by Gasteiger charge is -2.38. The highest BCUT2D eigenvalue weighted by Crippen LogP contribution is 2.44. The number of rotatable bonds is 2. The van der Waals surface area contributed by atoms with Crippen molar-refractivity contribution >= 4 is 5.97 Å². The van der Waals surface area contributed by atoms with Gasteiger partial charge in [-0.1, -0.05) is 30.2 Å². The van der Waals surface area contributed by atoms with Gasteiger partial charge < -0.3 is 5.11 Å². The second-order valence-corrected chi connectivity index (χ2v) is 5.47. The van der Waals surface area contributed by atoms with Gasteiger partial charge in [-0.2, -0.15) is 0 Å². The molecule has 2 nitrogen and oxygen atoms in total. The SMILES string of the molecule is CC(C)=CC1C=C(C)C(C)C(C)(C(=O)O)C1. The van der Waals surface area contributed by atoms with Crippen molar-refractivity contribution < 1.29 is 9.90 Å². The maximum Gasteiger partial charge on any atom is 0.309 e. The van der Waals surface area contributed by atoms with Gasteiger partial charge in [0, 0.05) is 0 Å². The van der Waals surface area contributed by atoms with Gasteiger partial charge >= 0.3 is 5.97 Å². The van der Waals surface area contributed by atoms with Gasteiger partial charge in [0.2, 0.25) is 0 Å². The van der Waals surface area contributed by atoms with Crippen LogP contribution in [0.3, 0.4) is 0 Å². The molecule has 1 N–H and O–H groups in total. The molecule has 0 saturated carbocycles. The third-order valence-electron chi connectivity index (χ3n) is 3.81. The lowest BCUT2D eigenvalue weighted by atomic mass is 9.65. The average Bonchev–Trinajstić information content (AvgIpc) is 2.12. The molecule has 0 heterocycles. The van der Waals surface area contributed by atoms with Crippen LogP contribution in [-0.4, -0.2) is 11.1 Å². The Hall–Kier alpha value is -1.05. The summed E-state index contributed by atoms with van der Waals surface area (Å²) < 4.78 is 0. The maximum atomic E-state index is 11.4. The normalized spacial score (nSPS) is 34.2. The Morgan fingerprint density at radius 2 is 2.12 bits per heavy atom. The van der Waals surface area contributed by atoms with Crippen LogP contribution >= 0.6 is 0 Å². The Labute approximate surface area is 98.1 Å². The molecule has 0 radical (unpaired) electrons. The summed E-state index contributed by atoms with van der Waals surface area (Å²) in [5, 5.41) is 9.39. The molecular formula is C14H22O2. The smallest absolute Gasteiger partial charge is 0.309 e. The van der Waals surface area contributed by atoms with Crippen molar-refractivity contribution in [1.29, 1.82) is 0 Å². The second kappa shape index (κ2) is 4.44. The topological polar surface area (TPSA) is 37.3 Å². The number of aliphatic carboxylic acids is 1. The predicted octanol–water partition coefficient (Wildman–Crippen LogP) is 3.65. The first-order chi connectivity index (χ1) is 7.27. The molecule has 1 rings (SSSR count). The summed E-state index contributed by atoms with van der Waals surface area (Å²) >= 11 is 0. The van der Waals surface area contributed by atoms with Crippen LogP contribution in [0.25, 0.3) is 0 Å². The molecule has 0 bridgehead atoms. The number of carbonyl (C=O) groups is 1. The molecule has 0 aromatic carbocycles. The molecule has 0 aliphatic heterocycles. The van der Waals surface area contributed by atoms with E-state index in [0.29, 0.717) is 6.42 Å². The Kier molecular flexibility index (Phi) is 3.61. The third kappa shape index (κ3) is 2.37. The molecule has 0 aromatic heterocycles. The summed E-state index contributed by atoms with van der Waals surface area (Å²) in [7, 11) is 0. The molecule has 2 heteroatoms. The fraction of sp³-hybridized carbons (Fsp3) is 0.643. The van der Waals surface area contributed by atoms with Crippen LogP contribution < -0.4 is 0 Å². The molecule has 0 spiro atoms. The van der Waals surface area contributed by atoms with Crippen molar-refractivity contribution in [2.24, 2.45) is 17.3 Å². The average molecular weight is 222 g/mol. The van der Waals surface area contributed by atoms with E-state index in [1.54, 1.807) is 0 Å². The van der Waals surface area contributed by atoms with Gasteiger partial charge in [0.1, 0.15) is 0 Å². The Morgan fingerprint density at radius 3 is 2.56 bits per heavy atom. The lowest BCUT2D eigenvalue weighted by molar-refractivity contribution is -0.151. The van der Waals surface area contributed by atoms with Crippen molar-refractivity contribution in [2.45, 2.75) is 41.0 Å². The molecule has 3 unspecified atom stereocenters. The highest BCUT2D eigenvalue weighted by Gasteiger charge is 2.43. The van der Waals surface area contributed by atoms with E-state index in [0.717, 1.165) is 0 Å². The number of carboxylic acids is 1. The van der Waals surface area contributed by atoms with E-state index >= 15 is 0 Å². The van der Waals surface area contributed by atoms with Crippen LogP contribution in [0.2, 0.25) is 0 Å². The third-order valence-corrected chi connectivity index (χ3v) is 3.81. The predicted molar refractivity (Wildman–Crippen MR) is 66.2 cm³/mol. The Bertz CT molecular complexity index is 348. The largest absolute Gasteiger partial charge is 0.481 e. The van der Waals surface area contributed by atoms with E-state index in [2.05, 4.69) is 26.0 Å². The number of carboxylic acid groups (broad SMARTS) is 1. The summed E-state index contributed by atoms with van der Waals surface area (Å²) in [4.78, 5) is 11.4. The van der Waals surface area contributed by atoms with E-state index in [9.17, 15) is 9.90 Å². The molecule has 1 aliphatic rings. The molecule has 0 saturated heterocycles. The highest BCUT2D eigenvalue weighted by molar-refractivity contribution is 5.75. The molecule has 0 fully saturated rings. The molecule has 0 amide bonds. The van der Waals surface area contributed by atoms with Crippen molar-refractivity contribution in [3.8, 4) is 0 Å². The number of hydrogen-bond acceptors (Lipinski definition) is 1. The van der Waals surface area contributed by atoms with Crippen LogP contribution in [0.4, 0.5) is 0 Å². The zero-order valence-electron chi connectivity index (χ0n) is 10.9. The van der Waals surface area contributed by atoms with Gasteiger partial charge in [-0.25, -0.2) is 0 Å². The van der Waals surface area contributed by atoms with Gasteiger partial charge in [-0.15, -0.1) is 0 Å². The zero-order valence-corrected chi connectivity index (χ0v) is 10.9. The standard InChI is InChI=1S/C14H22O2/c1-9(2)6-12-7-10(3)11(4)14(5,8-12)13(15)16/h6-7,11-12H,8H2,1-5H3,(H,15,16). The zero-order chi connectivity index (χ0) is 12.5. The van der Waals surface area contributed by atoms with Crippen LogP contribution in [-0.2, 0) is 4.79 Å². The summed E-state index contributed by atoms with van der Waals surface area (Å²) in [6.07, 6.45) is 5.07. The van der Waals surface area contributed by atoms with Crippen molar-refractivity contribution in [3.63, 3.8) is 0 Å². The number of hydrogen-bond donors (Lipinski definition) is 1. The molecule has 0 aromatic rings. The van der Waals surface area contributed by atoms with E-state index in [4.69, 9.17) is 0 Å². The van der Waals surface area contributed by atoms with E-state index < -0.39 is 11.4 Å². The van der Waals surface area contributed by atoms with Gasteiger partial charge in [-0.05, 0) is 46.0 Å². The minimum Gasteiger partial charge on any atom is -0.481 e. The first-order valence-electron chi connectivity index (χ1n) is 5.84. The van der Waals surface area contributed by atoms with Gasteiger partial charge in [-0.3, -0.25) is 4.79 Å². The molecule has 1 aliphatic carbocycles. The fourth-order valence-electron chi connectivity index (χ4n) is 2.52. The minimum atomic E-state index is -0.681. The van der Waals surface area contributed by atoms with Crippen LogP contribution in [0.5, 0.6) is 0 Å². The molecule has 16 heavy (non-hydrogen) atoms. The first-order valence-corrected chi connectivity index (χ1v) is 5.84. The monoisotopic (exact) mass is 222 g/mol. The van der Waals surface area contributed by atoms with Crippen LogP contribution in [0, 0.1) is 17.3 Å². The second-order valence-electron chi connectivity index (χ2n) is 5.47. The molecule has 90 valence electrons. The van der Waals surface area contributed by atoms with Crippen LogP contribution in [0.1, 0.15) is 41.0 Å². The van der Waals surface area contributed by atoms with E-state index in [1.165, 1.54) is 11.1 Å². The summed E-state index contributed by atoms with van der Waals surface area (Å²) in [5.74, 6) is -0.297. The van der Waals surface area contributed by atoms with E-state index in [1.807, 2.05) is 20.8 Å². The first kappa shape index (κ1) is 13.0. The van der Waals surface area contributed by atoms with Crippen molar-refractivity contribution in [1.82, 2.24) is 0 Å². The Morgan fingerprint density at radius 1 is 1.56 bits per heavy atom. The molecular weight excluding hydrogens is 200 g/mol. The minimum absolute atomic E-state index is 0.117. The quantitative estimate of drug-likeness (QED) is 0.724. The summed E-state index contributed by atoms with van der Waals surface area (Å²) in [5.41, 5.74) is 1.81.